The summed E-state index contributed by atoms with van der Waals surface area (Å²) in [5.74, 6) is 0. The molecule has 17 heavy (non-hydrogen) atoms. The Bertz CT molecular complexity index is 545. The van der Waals surface area contributed by atoms with Gasteiger partial charge >= 0.3 is 0 Å². The van der Waals surface area contributed by atoms with Crippen LogP contribution < -0.4 is 0 Å². The highest BCUT2D eigenvalue weighted by atomic mass is 16.3. The van der Waals surface area contributed by atoms with Crippen LogP contribution in [-0.4, -0.2) is 16.2 Å². The van der Waals surface area contributed by atoms with Crippen LogP contribution in [0.25, 0.3) is 10.9 Å². The number of benzene rings is 1. The molecular weight excluding hydrogens is 210 g/mol. The molecule has 1 aliphatic rings. The molecule has 88 valence electrons. The van der Waals surface area contributed by atoms with Crippen LogP contribution in [0.15, 0.2) is 36.4 Å². The van der Waals surface area contributed by atoms with Crippen molar-refractivity contribution < 1.29 is 5.11 Å². The Balaban J connectivity index is 1.85. The number of nitrogens with zero attached hydrogens (tertiary/aromatic N) is 1. The van der Waals surface area contributed by atoms with Crippen LogP contribution in [0, 0.1) is 5.41 Å². The second-order valence-electron chi connectivity index (χ2n) is 5.37. The van der Waals surface area contributed by atoms with Gasteiger partial charge in [-0.2, -0.15) is 0 Å². The maximum atomic E-state index is 10.1. The molecule has 2 aromatic rings. The smallest absolute Gasteiger partial charge is 0.0705 e. The van der Waals surface area contributed by atoms with Crippen LogP contribution in [0.1, 0.15) is 25.5 Å². The standard InChI is InChI=1S/C15H17NO/c1-15(8-9-15)14(17)10-12-7-6-11-4-2-3-5-13(11)16-12/h2-7,14,17H,8-10H2,1H3. The molecule has 1 aliphatic carbocycles. The molecule has 0 radical (unpaired) electrons. The van der Waals surface area contributed by atoms with Gasteiger partial charge in [0, 0.05) is 17.5 Å². The molecule has 1 N–H and O–H groups in total. The van der Waals surface area contributed by atoms with Gasteiger partial charge in [-0.1, -0.05) is 31.2 Å². The van der Waals surface area contributed by atoms with E-state index in [9.17, 15) is 5.11 Å². The molecule has 0 saturated heterocycles. The Hall–Kier alpha value is -1.41. The van der Waals surface area contributed by atoms with Crippen LogP contribution in [0.2, 0.25) is 0 Å². The van der Waals surface area contributed by atoms with E-state index in [0.717, 1.165) is 29.4 Å². The van der Waals surface area contributed by atoms with E-state index >= 15 is 0 Å². The van der Waals surface area contributed by atoms with Crippen LogP contribution in [0.4, 0.5) is 0 Å². The Morgan fingerprint density at radius 2 is 2.00 bits per heavy atom. The molecule has 1 aromatic carbocycles. The summed E-state index contributed by atoms with van der Waals surface area (Å²) in [7, 11) is 0. The second-order valence-corrected chi connectivity index (χ2v) is 5.37. The van der Waals surface area contributed by atoms with E-state index < -0.39 is 0 Å². The quantitative estimate of drug-likeness (QED) is 0.874. The van der Waals surface area contributed by atoms with Gasteiger partial charge in [-0.25, -0.2) is 0 Å². The SMILES string of the molecule is CC1(C(O)Cc2ccc3ccccc3n2)CC1. The van der Waals surface area contributed by atoms with E-state index in [1.54, 1.807) is 0 Å². The first-order chi connectivity index (χ1) is 8.17. The minimum Gasteiger partial charge on any atom is -0.392 e. The molecule has 1 fully saturated rings. The van der Waals surface area contributed by atoms with Gasteiger partial charge in [0.15, 0.2) is 0 Å². The highest BCUT2D eigenvalue weighted by molar-refractivity contribution is 5.78. The summed E-state index contributed by atoms with van der Waals surface area (Å²) in [5, 5.41) is 11.3. The monoisotopic (exact) mass is 227 g/mol. The van der Waals surface area contributed by atoms with E-state index in [2.05, 4.69) is 24.0 Å². The fourth-order valence-electron chi connectivity index (χ4n) is 2.20. The minimum absolute atomic E-state index is 0.146. The van der Waals surface area contributed by atoms with E-state index in [-0.39, 0.29) is 11.5 Å². The molecule has 0 amide bonds. The van der Waals surface area contributed by atoms with Gasteiger partial charge in [-0.3, -0.25) is 4.98 Å². The van der Waals surface area contributed by atoms with Crippen molar-refractivity contribution in [2.75, 3.05) is 0 Å². The first-order valence-corrected chi connectivity index (χ1v) is 6.20. The summed E-state index contributed by atoms with van der Waals surface area (Å²) in [5.41, 5.74) is 2.15. The maximum absolute atomic E-state index is 10.1. The third-order valence-corrected chi connectivity index (χ3v) is 3.90. The van der Waals surface area contributed by atoms with Crippen LogP contribution in [0.3, 0.4) is 0 Å². The van der Waals surface area contributed by atoms with Crippen molar-refractivity contribution in [3.05, 3.63) is 42.1 Å². The zero-order valence-electron chi connectivity index (χ0n) is 10.1. The van der Waals surface area contributed by atoms with Crippen LogP contribution in [0.5, 0.6) is 0 Å². The number of aliphatic hydroxyl groups excluding tert-OH is 1. The van der Waals surface area contributed by atoms with Gasteiger partial charge in [-0.15, -0.1) is 0 Å². The number of aliphatic hydroxyl groups is 1. The van der Waals surface area contributed by atoms with Crippen molar-refractivity contribution in [2.45, 2.75) is 32.3 Å². The van der Waals surface area contributed by atoms with Crippen LogP contribution >= 0.6 is 0 Å². The lowest BCUT2D eigenvalue weighted by atomic mass is 9.97. The molecule has 1 saturated carbocycles. The molecule has 1 aromatic heterocycles. The first-order valence-electron chi connectivity index (χ1n) is 6.20. The van der Waals surface area contributed by atoms with Crippen molar-refractivity contribution in [1.82, 2.24) is 4.98 Å². The van der Waals surface area contributed by atoms with E-state index in [4.69, 9.17) is 0 Å². The van der Waals surface area contributed by atoms with E-state index in [0.29, 0.717) is 6.42 Å². The Morgan fingerprint density at radius 3 is 2.76 bits per heavy atom. The molecule has 2 heteroatoms. The number of aromatic nitrogens is 1. The Labute approximate surface area is 101 Å². The third-order valence-electron chi connectivity index (χ3n) is 3.90. The summed E-state index contributed by atoms with van der Waals surface area (Å²) in [6.07, 6.45) is 2.70. The molecule has 2 nitrogen and oxygen atoms in total. The Kier molecular flexibility index (Phi) is 2.40. The van der Waals surface area contributed by atoms with Crippen molar-refractivity contribution in [2.24, 2.45) is 5.41 Å². The second kappa shape index (κ2) is 3.81. The van der Waals surface area contributed by atoms with Gasteiger partial charge in [0.05, 0.1) is 11.6 Å². The van der Waals surface area contributed by atoms with Gasteiger partial charge < -0.3 is 5.11 Å². The van der Waals surface area contributed by atoms with Crippen molar-refractivity contribution >= 4 is 10.9 Å². The van der Waals surface area contributed by atoms with Gasteiger partial charge in [0.25, 0.3) is 0 Å². The molecule has 1 heterocycles. The number of rotatable bonds is 3. The van der Waals surface area contributed by atoms with Crippen molar-refractivity contribution in [3.63, 3.8) is 0 Å². The summed E-state index contributed by atoms with van der Waals surface area (Å²) in [6.45, 7) is 2.15. The molecule has 0 bridgehead atoms. The van der Waals surface area contributed by atoms with E-state index in [1.807, 2.05) is 24.3 Å². The summed E-state index contributed by atoms with van der Waals surface area (Å²) in [6, 6.07) is 12.2. The molecule has 0 aliphatic heterocycles. The van der Waals surface area contributed by atoms with Crippen molar-refractivity contribution in [3.8, 4) is 0 Å². The highest BCUT2D eigenvalue weighted by Gasteiger charge is 2.44. The fraction of sp³-hybridized carbons (Fsp3) is 0.400. The molecule has 0 spiro atoms. The normalized spacial score (nSPS) is 19.2. The van der Waals surface area contributed by atoms with Gasteiger partial charge in [-0.05, 0) is 30.4 Å². The number of para-hydroxylation sites is 1. The summed E-state index contributed by atoms with van der Waals surface area (Å²) >= 11 is 0. The lowest BCUT2D eigenvalue weighted by molar-refractivity contribution is 0.102. The number of hydrogen-bond acceptors (Lipinski definition) is 2. The lowest BCUT2D eigenvalue weighted by Crippen LogP contribution is -2.21. The molecule has 1 unspecified atom stereocenters. The van der Waals surface area contributed by atoms with Gasteiger partial charge in [0.1, 0.15) is 0 Å². The van der Waals surface area contributed by atoms with Gasteiger partial charge in [0.2, 0.25) is 0 Å². The van der Waals surface area contributed by atoms with Crippen molar-refractivity contribution in [1.29, 1.82) is 0 Å². The van der Waals surface area contributed by atoms with E-state index in [1.165, 1.54) is 0 Å². The number of pyridine rings is 1. The highest BCUT2D eigenvalue weighted by Crippen LogP contribution is 2.48. The first kappa shape index (κ1) is 10.7. The van der Waals surface area contributed by atoms with Crippen LogP contribution in [-0.2, 0) is 6.42 Å². The average molecular weight is 227 g/mol. The third kappa shape index (κ3) is 2.05. The minimum atomic E-state index is -0.254. The zero-order valence-corrected chi connectivity index (χ0v) is 10.1. The number of hydrogen-bond donors (Lipinski definition) is 1. The summed E-state index contributed by atoms with van der Waals surface area (Å²) in [4.78, 5) is 4.60. The predicted octanol–water partition coefficient (Wildman–Crippen LogP) is 2.94. The Morgan fingerprint density at radius 1 is 1.24 bits per heavy atom. The molecule has 3 rings (SSSR count). The lowest BCUT2D eigenvalue weighted by Gasteiger charge is -2.16. The molecule has 1 atom stereocenters. The topological polar surface area (TPSA) is 33.1 Å². The maximum Gasteiger partial charge on any atom is 0.0705 e. The predicted molar refractivity (Wildman–Crippen MR) is 68.8 cm³/mol. The zero-order chi connectivity index (χ0) is 11.9. The summed E-state index contributed by atoms with van der Waals surface area (Å²) < 4.78 is 0. The number of fused-ring (bicyclic) bond motifs is 1. The molecular formula is C15H17NO. The fourth-order valence-corrected chi connectivity index (χ4v) is 2.20. The largest absolute Gasteiger partial charge is 0.392 e. The average Bonchev–Trinajstić information content (AvgIpc) is 3.09.